The molecule has 0 spiro atoms. The first-order valence-corrected chi connectivity index (χ1v) is 11.6. The highest BCUT2D eigenvalue weighted by molar-refractivity contribution is 5.77. The number of fused-ring (bicyclic) bond motifs is 1. The molecule has 1 atom stereocenters. The molecule has 0 radical (unpaired) electrons. The zero-order valence-corrected chi connectivity index (χ0v) is 19.7. The van der Waals surface area contributed by atoms with Crippen molar-refractivity contribution in [3.8, 4) is 11.4 Å². The minimum atomic E-state index is -0.409. The molecule has 0 N–H and O–H groups in total. The third-order valence-corrected chi connectivity index (χ3v) is 6.31. The first-order valence-electron chi connectivity index (χ1n) is 11.6. The van der Waals surface area contributed by atoms with E-state index in [4.69, 9.17) is 9.26 Å². The standard InChI is InChI=1S/C26H28N4O4/c1-26(2,3)18-12-10-17(11-13-18)23-27-22(34-28-23)16-29-21-9-5-4-8-20(21)24(31)30(25(29)32)15-19-7-6-14-33-19/h4-5,8-13,19H,6-7,14-16H2,1-3H3. The van der Waals surface area contributed by atoms with E-state index >= 15 is 0 Å². The van der Waals surface area contributed by atoms with E-state index < -0.39 is 5.69 Å². The van der Waals surface area contributed by atoms with Crippen LogP contribution < -0.4 is 11.2 Å². The second-order valence-corrected chi connectivity index (χ2v) is 9.78. The van der Waals surface area contributed by atoms with Gasteiger partial charge in [0.2, 0.25) is 11.7 Å². The lowest BCUT2D eigenvalue weighted by atomic mass is 9.87. The lowest BCUT2D eigenvalue weighted by Gasteiger charge is -2.18. The van der Waals surface area contributed by atoms with Gasteiger partial charge < -0.3 is 9.26 Å². The Morgan fingerprint density at radius 1 is 1.03 bits per heavy atom. The van der Waals surface area contributed by atoms with E-state index in [0.717, 1.165) is 18.4 Å². The Balaban J connectivity index is 1.50. The normalized spacial score (nSPS) is 16.4. The van der Waals surface area contributed by atoms with Crippen molar-refractivity contribution in [1.82, 2.24) is 19.3 Å². The monoisotopic (exact) mass is 460 g/mol. The Kier molecular flexibility index (Phi) is 5.69. The van der Waals surface area contributed by atoms with E-state index in [1.54, 1.807) is 24.3 Å². The van der Waals surface area contributed by atoms with Gasteiger partial charge in [-0.25, -0.2) is 4.79 Å². The second kappa shape index (κ2) is 8.68. The van der Waals surface area contributed by atoms with Crippen LogP contribution in [0, 0.1) is 0 Å². The van der Waals surface area contributed by atoms with Crippen molar-refractivity contribution in [2.45, 2.75) is 58.2 Å². The molecule has 1 fully saturated rings. The van der Waals surface area contributed by atoms with Gasteiger partial charge in [-0.15, -0.1) is 0 Å². The van der Waals surface area contributed by atoms with Gasteiger partial charge in [0, 0.05) is 12.2 Å². The smallest absolute Gasteiger partial charge is 0.332 e. The maximum absolute atomic E-state index is 13.4. The molecule has 1 aliphatic heterocycles. The summed E-state index contributed by atoms with van der Waals surface area (Å²) in [6.07, 6.45) is 1.63. The number of hydrogen-bond acceptors (Lipinski definition) is 6. The highest BCUT2D eigenvalue weighted by Crippen LogP contribution is 2.25. The molecule has 5 rings (SSSR count). The summed E-state index contributed by atoms with van der Waals surface area (Å²) in [7, 11) is 0. The molecule has 4 aromatic rings. The predicted molar refractivity (Wildman–Crippen MR) is 129 cm³/mol. The predicted octanol–water partition coefficient (Wildman–Crippen LogP) is 3.74. The van der Waals surface area contributed by atoms with Crippen LogP contribution in [-0.4, -0.2) is 32.0 Å². The Hall–Kier alpha value is -3.52. The number of benzene rings is 2. The average Bonchev–Trinajstić information content (AvgIpc) is 3.51. The van der Waals surface area contributed by atoms with Crippen molar-refractivity contribution in [2.24, 2.45) is 0 Å². The fourth-order valence-corrected chi connectivity index (χ4v) is 4.37. The van der Waals surface area contributed by atoms with E-state index in [9.17, 15) is 9.59 Å². The van der Waals surface area contributed by atoms with Gasteiger partial charge in [-0.3, -0.25) is 13.9 Å². The minimum absolute atomic E-state index is 0.0514. The molecular weight excluding hydrogens is 432 g/mol. The van der Waals surface area contributed by atoms with Crippen LogP contribution in [-0.2, 0) is 23.2 Å². The molecule has 8 nitrogen and oxygen atoms in total. The van der Waals surface area contributed by atoms with E-state index in [1.165, 1.54) is 14.7 Å². The minimum Gasteiger partial charge on any atom is -0.376 e. The van der Waals surface area contributed by atoms with Crippen LogP contribution in [0.25, 0.3) is 22.3 Å². The fraction of sp³-hybridized carbons (Fsp3) is 0.385. The molecule has 3 heterocycles. The molecule has 2 aromatic heterocycles. The maximum Gasteiger partial charge on any atom is 0.332 e. The van der Waals surface area contributed by atoms with Crippen LogP contribution in [0.2, 0.25) is 0 Å². The first-order chi connectivity index (χ1) is 16.3. The molecule has 1 saturated heterocycles. The first kappa shape index (κ1) is 22.3. The van der Waals surface area contributed by atoms with Gasteiger partial charge in [0.25, 0.3) is 5.56 Å². The van der Waals surface area contributed by atoms with Gasteiger partial charge in [-0.2, -0.15) is 4.98 Å². The molecule has 34 heavy (non-hydrogen) atoms. The highest BCUT2D eigenvalue weighted by Gasteiger charge is 2.21. The SMILES string of the molecule is CC(C)(C)c1ccc(-c2noc(Cn3c(=O)n(CC4CCCO4)c(=O)c4ccccc43)n2)cc1. The second-order valence-electron chi connectivity index (χ2n) is 9.78. The van der Waals surface area contributed by atoms with Crippen molar-refractivity contribution in [1.29, 1.82) is 0 Å². The van der Waals surface area contributed by atoms with E-state index in [2.05, 4.69) is 43.0 Å². The number of aromatic nitrogens is 4. The third kappa shape index (κ3) is 4.21. The van der Waals surface area contributed by atoms with E-state index in [1.807, 2.05) is 12.1 Å². The topological polar surface area (TPSA) is 92.1 Å². The van der Waals surface area contributed by atoms with Gasteiger partial charge >= 0.3 is 5.69 Å². The molecule has 176 valence electrons. The number of para-hydroxylation sites is 1. The molecular formula is C26H28N4O4. The number of rotatable bonds is 5. The Morgan fingerprint density at radius 2 is 1.79 bits per heavy atom. The Bertz CT molecular complexity index is 1430. The molecule has 0 saturated carbocycles. The highest BCUT2D eigenvalue weighted by atomic mass is 16.5. The summed E-state index contributed by atoms with van der Waals surface area (Å²) in [4.78, 5) is 31.0. The van der Waals surface area contributed by atoms with Crippen LogP contribution in [0.5, 0.6) is 0 Å². The van der Waals surface area contributed by atoms with Crippen molar-refractivity contribution in [3.05, 3.63) is 80.8 Å². The maximum atomic E-state index is 13.4. The van der Waals surface area contributed by atoms with Gasteiger partial charge in [0.1, 0.15) is 6.54 Å². The fourth-order valence-electron chi connectivity index (χ4n) is 4.37. The number of ether oxygens (including phenoxy) is 1. The number of hydrogen-bond donors (Lipinski definition) is 0. The summed E-state index contributed by atoms with van der Waals surface area (Å²) < 4.78 is 13.9. The van der Waals surface area contributed by atoms with Gasteiger partial charge in [0.05, 0.1) is 23.6 Å². The summed E-state index contributed by atoms with van der Waals surface area (Å²) in [6.45, 7) is 7.44. The molecule has 2 aromatic carbocycles. The van der Waals surface area contributed by atoms with Crippen molar-refractivity contribution in [2.75, 3.05) is 6.61 Å². The van der Waals surface area contributed by atoms with Crippen molar-refractivity contribution < 1.29 is 9.26 Å². The van der Waals surface area contributed by atoms with Crippen LogP contribution in [0.1, 0.15) is 45.1 Å². The zero-order chi connectivity index (χ0) is 23.9. The third-order valence-electron chi connectivity index (χ3n) is 6.31. The summed E-state index contributed by atoms with van der Waals surface area (Å²) in [6, 6.07) is 15.2. The molecule has 1 aliphatic rings. The van der Waals surface area contributed by atoms with Crippen LogP contribution >= 0.6 is 0 Å². The quantitative estimate of drug-likeness (QED) is 0.451. The van der Waals surface area contributed by atoms with Crippen LogP contribution in [0.4, 0.5) is 0 Å². The summed E-state index contributed by atoms with van der Waals surface area (Å²) in [5.41, 5.74) is 1.92. The zero-order valence-electron chi connectivity index (χ0n) is 19.7. The van der Waals surface area contributed by atoms with Crippen LogP contribution in [0.15, 0.2) is 62.6 Å². The molecule has 8 heteroatoms. The average molecular weight is 461 g/mol. The van der Waals surface area contributed by atoms with Gasteiger partial charge in [-0.1, -0.05) is 62.3 Å². The van der Waals surface area contributed by atoms with Gasteiger partial charge in [0.15, 0.2) is 0 Å². The molecule has 0 amide bonds. The Morgan fingerprint density at radius 3 is 2.50 bits per heavy atom. The summed E-state index contributed by atoms with van der Waals surface area (Å²) in [5, 5.41) is 4.59. The Labute approximate surface area is 196 Å². The molecule has 1 unspecified atom stereocenters. The van der Waals surface area contributed by atoms with Crippen LogP contribution in [0.3, 0.4) is 0 Å². The van der Waals surface area contributed by atoms with Gasteiger partial charge in [-0.05, 0) is 36.0 Å². The summed E-state index contributed by atoms with van der Waals surface area (Å²) >= 11 is 0. The lowest BCUT2D eigenvalue weighted by molar-refractivity contribution is 0.0948. The number of nitrogens with zero attached hydrogens (tertiary/aromatic N) is 4. The summed E-state index contributed by atoms with van der Waals surface area (Å²) in [5.74, 6) is 0.755. The van der Waals surface area contributed by atoms with Crippen molar-refractivity contribution in [3.63, 3.8) is 0 Å². The molecule has 0 bridgehead atoms. The lowest BCUT2D eigenvalue weighted by Crippen LogP contribution is -2.42. The van der Waals surface area contributed by atoms with E-state index in [-0.39, 0.29) is 30.2 Å². The molecule has 0 aliphatic carbocycles. The van der Waals surface area contributed by atoms with Crippen molar-refractivity contribution >= 4 is 10.9 Å². The van der Waals surface area contributed by atoms with E-state index in [0.29, 0.717) is 29.2 Å². The largest absolute Gasteiger partial charge is 0.376 e.